The van der Waals surface area contributed by atoms with E-state index in [1.54, 1.807) is 6.07 Å². The van der Waals surface area contributed by atoms with Crippen LogP contribution in [0.3, 0.4) is 0 Å². The normalized spacial score (nSPS) is 17.8. The summed E-state index contributed by atoms with van der Waals surface area (Å²) in [5, 5.41) is 4.03. The lowest BCUT2D eigenvalue weighted by Gasteiger charge is -2.20. The summed E-state index contributed by atoms with van der Waals surface area (Å²) < 4.78 is 16.2. The van der Waals surface area contributed by atoms with E-state index in [4.69, 9.17) is 0 Å². The third-order valence-electron chi connectivity index (χ3n) is 5.07. The van der Waals surface area contributed by atoms with Crippen LogP contribution in [0.25, 0.3) is 16.6 Å². The first-order valence-corrected chi connectivity index (χ1v) is 8.46. The molecule has 2 aromatic carbocycles. The van der Waals surface area contributed by atoms with Gasteiger partial charge in [-0.1, -0.05) is 12.1 Å². The zero-order chi connectivity index (χ0) is 16.7. The van der Waals surface area contributed by atoms with Gasteiger partial charge in [-0.15, -0.1) is 0 Å². The summed E-state index contributed by atoms with van der Waals surface area (Å²) in [7, 11) is 2.02. The SMILES string of the molecule is CNC1CCN(c2cccc(-n3ccc4c(F)ccc(C)c43)c2)C1. The van der Waals surface area contributed by atoms with Crippen molar-refractivity contribution >= 4 is 16.6 Å². The molecule has 1 aliphatic rings. The molecule has 1 fully saturated rings. The van der Waals surface area contributed by atoms with E-state index in [1.165, 1.54) is 5.69 Å². The first-order valence-electron chi connectivity index (χ1n) is 8.46. The maximum absolute atomic E-state index is 14.1. The van der Waals surface area contributed by atoms with Gasteiger partial charge in [-0.25, -0.2) is 4.39 Å². The Labute approximate surface area is 141 Å². The van der Waals surface area contributed by atoms with Crippen LogP contribution in [0.15, 0.2) is 48.7 Å². The summed E-state index contributed by atoms with van der Waals surface area (Å²) in [6.07, 6.45) is 3.12. The van der Waals surface area contributed by atoms with Gasteiger partial charge in [0.05, 0.1) is 5.52 Å². The van der Waals surface area contributed by atoms with Crippen molar-refractivity contribution in [1.29, 1.82) is 0 Å². The first-order chi connectivity index (χ1) is 11.7. The fourth-order valence-corrected chi connectivity index (χ4v) is 3.68. The van der Waals surface area contributed by atoms with Crippen molar-refractivity contribution in [3.05, 3.63) is 60.0 Å². The van der Waals surface area contributed by atoms with E-state index in [9.17, 15) is 4.39 Å². The largest absolute Gasteiger partial charge is 0.370 e. The molecule has 0 bridgehead atoms. The van der Waals surface area contributed by atoms with Crippen LogP contribution in [0.2, 0.25) is 0 Å². The molecule has 3 aromatic rings. The van der Waals surface area contributed by atoms with Crippen molar-refractivity contribution in [2.45, 2.75) is 19.4 Å². The molecule has 1 aromatic heterocycles. The van der Waals surface area contributed by atoms with Crippen LogP contribution in [0.1, 0.15) is 12.0 Å². The Balaban J connectivity index is 1.76. The van der Waals surface area contributed by atoms with Crippen LogP contribution in [0.4, 0.5) is 10.1 Å². The van der Waals surface area contributed by atoms with E-state index in [2.05, 4.69) is 39.0 Å². The highest BCUT2D eigenvalue weighted by Gasteiger charge is 2.21. The quantitative estimate of drug-likeness (QED) is 0.789. The Morgan fingerprint density at radius 1 is 1.12 bits per heavy atom. The van der Waals surface area contributed by atoms with E-state index in [-0.39, 0.29) is 5.82 Å². The smallest absolute Gasteiger partial charge is 0.132 e. The Kier molecular flexibility index (Phi) is 3.77. The number of hydrogen-bond donors (Lipinski definition) is 1. The van der Waals surface area contributed by atoms with E-state index in [0.29, 0.717) is 11.4 Å². The second-order valence-electron chi connectivity index (χ2n) is 6.55. The highest BCUT2D eigenvalue weighted by molar-refractivity contribution is 5.85. The number of hydrogen-bond acceptors (Lipinski definition) is 2. The summed E-state index contributed by atoms with van der Waals surface area (Å²) >= 11 is 0. The van der Waals surface area contributed by atoms with Gasteiger partial charge in [-0.3, -0.25) is 0 Å². The fourth-order valence-electron chi connectivity index (χ4n) is 3.68. The molecule has 1 unspecified atom stereocenters. The first kappa shape index (κ1) is 15.2. The van der Waals surface area contributed by atoms with Gasteiger partial charge in [0.25, 0.3) is 0 Å². The molecule has 124 valence electrons. The standard InChI is InChI=1S/C20H22FN3/c1-14-6-7-19(21)18-9-11-24(20(14)18)17-5-3-4-16(12-17)23-10-8-15(13-23)22-2/h3-7,9,11-12,15,22H,8,10,13H2,1-2H3. The van der Waals surface area contributed by atoms with Crippen molar-refractivity contribution in [1.82, 2.24) is 9.88 Å². The van der Waals surface area contributed by atoms with Gasteiger partial charge in [-0.05, 0) is 56.3 Å². The van der Waals surface area contributed by atoms with Crippen LogP contribution in [-0.4, -0.2) is 30.7 Å². The molecule has 0 spiro atoms. The molecule has 1 aliphatic heterocycles. The molecule has 1 saturated heterocycles. The third-order valence-corrected chi connectivity index (χ3v) is 5.07. The van der Waals surface area contributed by atoms with E-state index in [0.717, 1.165) is 36.3 Å². The van der Waals surface area contributed by atoms with Crippen LogP contribution in [-0.2, 0) is 0 Å². The van der Waals surface area contributed by atoms with Crippen LogP contribution in [0, 0.1) is 12.7 Å². The number of nitrogens with one attached hydrogen (secondary N) is 1. The minimum Gasteiger partial charge on any atom is -0.370 e. The Morgan fingerprint density at radius 2 is 1.96 bits per heavy atom. The summed E-state index contributed by atoms with van der Waals surface area (Å²) in [4.78, 5) is 2.41. The zero-order valence-electron chi connectivity index (χ0n) is 14.1. The maximum Gasteiger partial charge on any atom is 0.132 e. The molecule has 24 heavy (non-hydrogen) atoms. The molecule has 0 radical (unpaired) electrons. The zero-order valence-corrected chi connectivity index (χ0v) is 14.1. The van der Waals surface area contributed by atoms with Crippen molar-refractivity contribution in [3.63, 3.8) is 0 Å². The average molecular weight is 323 g/mol. The molecule has 2 heterocycles. The number of aryl methyl sites for hydroxylation is 1. The summed E-state index contributed by atoms with van der Waals surface area (Å²) in [6, 6.07) is 14.3. The topological polar surface area (TPSA) is 20.2 Å². The lowest BCUT2D eigenvalue weighted by Crippen LogP contribution is -2.29. The van der Waals surface area contributed by atoms with Crippen molar-refractivity contribution in [2.75, 3.05) is 25.0 Å². The van der Waals surface area contributed by atoms with E-state index >= 15 is 0 Å². The van der Waals surface area contributed by atoms with Crippen LogP contribution in [0.5, 0.6) is 0 Å². The van der Waals surface area contributed by atoms with Crippen molar-refractivity contribution in [3.8, 4) is 5.69 Å². The molecule has 4 heteroatoms. The van der Waals surface area contributed by atoms with E-state index in [1.807, 2.05) is 32.3 Å². The van der Waals surface area contributed by atoms with Gasteiger partial charge < -0.3 is 14.8 Å². The van der Waals surface area contributed by atoms with Crippen molar-refractivity contribution in [2.24, 2.45) is 0 Å². The Bertz CT molecular complexity index is 884. The van der Waals surface area contributed by atoms with Gasteiger partial charge in [0.1, 0.15) is 5.82 Å². The second-order valence-corrected chi connectivity index (χ2v) is 6.55. The lowest BCUT2D eigenvalue weighted by molar-refractivity contribution is 0.617. The number of rotatable bonds is 3. The van der Waals surface area contributed by atoms with Gasteiger partial charge in [0, 0.05) is 42.1 Å². The van der Waals surface area contributed by atoms with Gasteiger partial charge >= 0.3 is 0 Å². The summed E-state index contributed by atoms with van der Waals surface area (Å²) in [5.74, 6) is -0.165. The number of anilines is 1. The predicted molar refractivity (Wildman–Crippen MR) is 97.6 cm³/mol. The number of aromatic nitrogens is 1. The number of nitrogens with zero attached hydrogens (tertiary/aromatic N) is 2. The Morgan fingerprint density at radius 3 is 2.75 bits per heavy atom. The second kappa shape index (κ2) is 5.95. The summed E-state index contributed by atoms with van der Waals surface area (Å²) in [5.41, 5.74) is 4.32. The monoisotopic (exact) mass is 323 g/mol. The molecular formula is C20H22FN3. The average Bonchev–Trinajstić information content (AvgIpc) is 3.26. The fraction of sp³-hybridized carbons (Fsp3) is 0.300. The molecule has 3 nitrogen and oxygen atoms in total. The highest BCUT2D eigenvalue weighted by Crippen LogP contribution is 2.28. The summed E-state index contributed by atoms with van der Waals surface area (Å²) in [6.45, 7) is 4.12. The minimum absolute atomic E-state index is 0.165. The van der Waals surface area contributed by atoms with E-state index < -0.39 is 0 Å². The number of fused-ring (bicyclic) bond motifs is 1. The molecule has 1 atom stereocenters. The number of halogens is 1. The molecule has 0 saturated carbocycles. The van der Waals surface area contributed by atoms with Gasteiger partial charge in [0.2, 0.25) is 0 Å². The van der Waals surface area contributed by atoms with Crippen molar-refractivity contribution < 1.29 is 4.39 Å². The molecular weight excluding hydrogens is 301 g/mol. The molecule has 4 rings (SSSR count). The molecule has 0 amide bonds. The van der Waals surface area contributed by atoms with Gasteiger partial charge in [-0.2, -0.15) is 0 Å². The number of likely N-dealkylation sites (N-methyl/N-ethyl adjacent to an activating group) is 1. The van der Waals surface area contributed by atoms with Crippen LogP contribution >= 0.6 is 0 Å². The Hall–Kier alpha value is -2.33. The highest BCUT2D eigenvalue weighted by atomic mass is 19.1. The van der Waals surface area contributed by atoms with Crippen LogP contribution < -0.4 is 10.2 Å². The maximum atomic E-state index is 14.1. The van der Waals surface area contributed by atoms with Gasteiger partial charge in [0.15, 0.2) is 0 Å². The number of benzene rings is 2. The third kappa shape index (κ3) is 2.47. The lowest BCUT2D eigenvalue weighted by atomic mass is 10.1. The molecule has 0 aliphatic carbocycles. The minimum atomic E-state index is -0.165. The molecule has 1 N–H and O–H groups in total. The predicted octanol–water partition coefficient (Wildman–Crippen LogP) is 3.88.